The number of rotatable bonds is 4. The normalized spacial score (nSPS) is 13.1. The number of nitrogen functional groups attached to an aromatic ring is 1. The molecule has 1 aromatic carbocycles. The second-order valence-corrected chi connectivity index (χ2v) is 5.91. The third-order valence-corrected chi connectivity index (χ3v) is 4.04. The Morgan fingerprint density at radius 3 is 2.53 bits per heavy atom. The number of hydrogen-bond acceptors (Lipinski definition) is 4. The Balaban J connectivity index is 3.06. The van der Waals surface area contributed by atoms with Crippen LogP contribution in [0, 0.1) is 5.82 Å². The van der Waals surface area contributed by atoms with Crippen molar-refractivity contribution in [3.8, 4) is 0 Å². The fourth-order valence-corrected chi connectivity index (χ4v) is 2.82. The lowest BCUT2D eigenvalue weighted by molar-refractivity contribution is -0.130. The Morgan fingerprint density at radius 2 is 2.00 bits per heavy atom. The minimum atomic E-state index is -4.05. The van der Waals surface area contributed by atoms with Crippen molar-refractivity contribution in [3.63, 3.8) is 0 Å². The fourth-order valence-electron chi connectivity index (χ4n) is 1.49. The number of halogens is 1. The maximum Gasteiger partial charge on any atom is 0.243 e. The number of likely N-dealkylation sites (N-methyl/N-ethyl adjacent to an activating group) is 1. The van der Waals surface area contributed by atoms with Gasteiger partial charge in [-0.2, -0.15) is 4.72 Å². The molecule has 1 rings (SSSR count). The number of sulfonamides is 1. The lowest BCUT2D eigenvalue weighted by atomic mass is 10.3. The number of nitrogens with one attached hydrogen (secondary N) is 1. The molecule has 1 amide bonds. The molecule has 3 N–H and O–H groups in total. The highest BCUT2D eigenvalue weighted by Crippen LogP contribution is 2.21. The average Bonchev–Trinajstić information content (AvgIpc) is 2.30. The van der Waals surface area contributed by atoms with E-state index in [-0.39, 0.29) is 4.90 Å². The molecule has 0 radical (unpaired) electrons. The maximum atomic E-state index is 13.2. The van der Waals surface area contributed by atoms with Crippen molar-refractivity contribution in [2.75, 3.05) is 19.8 Å². The first-order valence-electron chi connectivity index (χ1n) is 5.44. The van der Waals surface area contributed by atoms with Crippen LogP contribution in [-0.4, -0.2) is 39.4 Å². The van der Waals surface area contributed by atoms with Crippen molar-refractivity contribution >= 4 is 21.6 Å². The van der Waals surface area contributed by atoms with Crippen molar-refractivity contribution in [2.24, 2.45) is 0 Å². The van der Waals surface area contributed by atoms with Gasteiger partial charge in [0.1, 0.15) is 10.7 Å². The summed E-state index contributed by atoms with van der Waals surface area (Å²) in [4.78, 5) is 12.5. The largest absolute Gasteiger partial charge is 0.395 e. The third-order valence-electron chi connectivity index (χ3n) is 2.45. The smallest absolute Gasteiger partial charge is 0.243 e. The molecular formula is C11H16FN3O3S. The highest BCUT2D eigenvalue weighted by molar-refractivity contribution is 7.89. The summed E-state index contributed by atoms with van der Waals surface area (Å²) in [5.74, 6) is -1.24. The molecule has 19 heavy (non-hydrogen) atoms. The van der Waals surface area contributed by atoms with E-state index in [0.29, 0.717) is 0 Å². The summed E-state index contributed by atoms with van der Waals surface area (Å²) in [5, 5.41) is 0. The second kappa shape index (κ2) is 5.54. The average molecular weight is 289 g/mol. The molecule has 0 aliphatic heterocycles. The van der Waals surface area contributed by atoms with E-state index in [1.165, 1.54) is 38.1 Å². The zero-order chi connectivity index (χ0) is 14.8. The van der Waals surface area contributed by atoms with E-state index in [2.05, 4.69) is 4.72 Å². The van der Waals surface area contributed by atoms with Gasteiger partial charge in [0.25, 0.3) is 0 Å². The van der Waals surface area contributed by atoms with Gasteiger partial charge in [-0.1, -0.05) is 6.07 Å². The summed E-state index contributed by atoms with van der Waals surface area (Å²) in [6.07, 6.45) is 0. The molecule has 1 aromatic rings. The summed E-state index contributed by atoms with van der Waals surface area (Å²) < 4.78 is 39.4. The molecule has 8 heteroatoms. The molecule has 106 valence electrons. The van der Waals surface area contributed by atoms with Gasteiger partial charge in [-0.15, -0.1) is 0 Å². The number of amides is 1. The van der Waals surface area contributed by atoms with Crippen molar-refractivity contribution in [1.29, 1.82) is 0 Å². The molecule has 1 unspecified atom stereocenters. The van der Waals surface area contributed by atoms with E-state index in [1.54, 1.807) is 0 Å². The Labute approximate surface area is 111 Å². The summed E-state index contributed by atoms with van der Waals surface area (Å²) in [6.45, 7) is 1.40. The Hall–Kier alpha value is -1.67. The molecule has 0 saturated carbocycles. The van der Waals surface area contributed by atoms with Crippen LogP contribution in [-0.2, 0) is 14.8 Å². The first-order valence-corrected chi connectivity index (χ1v) is 6.92. The van der Waals surface area contributed by atoms with Crippen LogP contribution in [0.5, 0.6) is 0 Å². The molecule has 6 nitrogen and oxygen atoms in total. The van der Waals surface area contributed by atoms with Gasteiger partial charge in [0, 0.05) is 14.1 Å². The highest BCUT2D eigenvalue weighted by atomic mass is 32.2. The highest BCUT2D eigenvalue weighted by Gasteiger charge is 2.25. The lowest BCUT2D eigenvalue weighted by Gasteiger charge is -2.18. The molecule has 0 spiro atoms. The van der Waals surface area contributed by atoms with Crippen molar-refractivity contribution < 1.29 is 17.6 Å². The van der Waals surface area contributed by atoms with E-state index < -0.39 is 33.5 Å². The van der Waals surface area contributed by atoms with E-state index in [9.17, 15) is 17.6 Å². The molecule has 0 heterocycles. The minimum absolute atomic E-state index is 0.383. The number of nitrogens with two attached hydrogens (primary N) is 1. The van der Waals surface area contributed by atoms with E-state index >= 15 is 0 Å². The van der Waals surface area contributed by atoms with Crippen molar-refractivity contribution in [2.45, 2.75) is 17.9 Å². The summed E-state index contributed by atoms with van der Waals surface area (Å²) in [5.41, 5.74) is 4.92. The number of anilines is 1. The number of hydrogen-bond donors (Lipinski definition) is 2. The SMILES string of the molecule is CC(NS(=O)(=O)c1cccc(F)c1N)C(=O)N(C)C. The predicted octanol–water partition coefficient (Wildman–Crippen LogP) is 0.163. The number of nitrogens with zero attached hydrogens (tertiary/aromatic N) is 1. The topological polar surface area (TPSA) is 92.5 Å². The van der Waals surface area contributed by atoms with Crippen LogP contribution < -0.4 is 10.5 Å². The third kappa shape index (κ3) is 3.42. The van der Waals surface area contributed by atoms with Gasteiger partial charge in [-0.25, -0.2) is 12.8 Å². The summed E-state index contributed by atoms with van der Waals surface area (Å²) in [6, 6.07) is 2.50. The zero-order valence-electron chi connectivity index (χ0n) is 10.8. The van der Waals surface area contributed by atoms with Crippen LogP contribution in [0.4, 0.5) is 10.1 Å². The van der Waals surface area contributed by atoms with Gasteiger partial charge in [0.2, 0.25) is 15.9 Å². The first kappa shape index (κ1) is 15.4. The Morgan fingerprint density at radius 1 is 1.42 bits per heavy atom. The van der Waals surface area contributed by atoms with Crippen LogP contribution in [0.15, 0.2) is 23.1 Å². The van der Waals surface area contributed by atoms with Crippen LogP contribution in [0.3, 0.4) is 0 Å². The first-order chi connectivity index (χ1) is 8.66. The van der Waals surface area contributed by atoms with Gasteiger partial charge in [-0.05, 0) is 19.1 Å². The van der Waals surface area contributed by atoms with Crippen molar-refractivity contribution in [3.05, 3.63) is 24.0 Å². The van der Waals surface area contributed by atoms with Gasteiger partial charge < -0.3 is 10.6 Å². The van der Waals surface area contributed by atoms with Crippen LogP contribution >= 0.6 is 0 Å². The fraction of sp³-hybridized carbons (Fsp3) is 0.364. The molecule has 1 atom stereocenters. The van der Waals surface area contributed by atoms with Crippen LogP contribution in [0.2, 0.25) is 0 Å². The molecule has 0 aliphatic rings. The molecular weight excluding hydrogens is 273 g/mol. The second-order valence-electron chi connectivity index (χ2n) is 4.23. The van der Waals surface area contributed by atoms with Gasteiger partial charge in [0.05, 0.1) is 11.7 Å². The maximum absolute atomic E-state index is 13.2. The molecule has 0 saturated heterocycles. The van der Waals surface area contributed by atoms with Crippen LogP contribution in [0.1, 0.15) is 6.92 Å². The Bertz CT molecular complexity index is 587. The van der Waals surface area contributed by atoms with Gasteiger partial charge in [0.15, 0.2) is 0 Å². The Kier molecular flexibility index (Phi) is 4.48. The van der Waals surface area contributed by atoms with Crippen LogP contribution in [0.25, 0.3) is 0 Å². The number of benzene rings is 1. The zero-order valence-corrected chi connectivity index (χ0v) is 11.7. The molecule has 0 bridgehead atoms. The number of para-hydroxylation sites is 1. The summed E-state index contributed by atoms with van der Waals surface area (Å²) >= 11 is 0. The van der Waals surface area contributed by atoms with E-state index in [4.69, 9.17) is 5.73 Å². The summed E-state index contributed by atoms with van der Waals surface area (Å²) in [7, 11) is -1.05. The monoisotopic (exact) mass is 289 g/mol. The minimum Gasteiger partial charge on any atom is -0.395 e. The number of carbonyl (C=O) groups is 1. The molecule has 0 aliphatic carbocycles. The van der Waals surface area contributed by atoms with Gasteiger partial charge in [-0.3, -0.25) is 4.79 Å². The predicted molar refractivity (Wildman–Crippen MR) is 69.3 cm³/mol. The molecule has 0 aromatic heterocycles. The van der Waals surface area contributed by atoms with E-state index in [1.807, 2.05) is 0 Å². The lowest BCUT2D eigenvalue weighted by Crippen LogP contribution is -2.44. The van der Waals surface area contributed by atoms with Crippen molar-refractivity contribution in [1.82, 2.24) is 9.62 Å². The number of carbonyl (C=O) groups excluding carboxylic acids is 1. The quantitative estimate of drug-likeness (QED) is 0.772. The molecule has 0 fully saturated rings. The standard InChI is InChI=1S/C11H16FN3O3S/c1-7(11(16)15(2)3)14-19(17,18)9-6-4-5-8(12)10(9)13/h4-7,14H,13H2,1-3H3. The van der Waals surface area contributed by atoms with Gasteiger partial charge >= 0.3 is 0 Å². The van der Waals surface area contributed by atoms with E-state index in [0.717, 1.165) is 6.07 Å².